The summed E-state index contributed by atoms with van der Waals surface area (Å²) in [6.07, 6.45) is 1.82. The maximum Gasteiger partial charge on any atom is 0.246 e. The van der Waals surface area contributed by atoms with Crippen molar-refractivity contribution in [2.75, 3.05) is 13.2 Å². The number of aryl methyl sites for hydroxylation is 2. The molecule has 1 aliphatic rings. The van der Waals surface area contributed by atoms with Crippen molar-refractivity contribution >= 4 is 117 Å². The number of hydrogen-bond acceptors (Lipinski definition) is 22. The van der Waals surface area contributed by atoms with Crippen LogP contribution in [0.2, 0.25) is 5.02 Å². The quantitative estimate of drug-likeness (QED) is 0.0275. The molecule has 3 heterocycles. The minimum atomic E-state index is -1.94. The fraction of sp³-hybridized carbons (Fsp3) is 0.553. The van der Waals surface area contributed by atoms with E-state index in [0.29, 0.717) is 64.1 Å². The number of nitrogens with one attached hydrogen (secondary N) is 14. The molecular weight excluding hydrogens is 1630 g/mol. The monoisotopic (exact) mass is 1750 g/mol. The van der Waals surface area contributed by atoms with E-state index in [2.05, 4.69) is 84.4 Å². The summed E-state index contributed by atoms with van der Waals surface area (Å²) in [4.78, 5) is 229. The molecule has 2 bridgehead atoms. The Bertz CT molecular complexity index is 4580. The van der Waals surface area contributed by atoms with Gasteiger partial charge in [-0.25, -0.2) is 0 Å². The molecule has 39 heteroatoms. The van der Waals surface area contributed by atoms with Crippen LogP contribution in [0.4, 0.5) is 0 Å². The summed E-state index contributed by atoms with van der Waals surface area (Å²) in [5.74, 6) is -16.5. The Morgan fingerprint density at radius 3 is 1.92 bits per heavy atom. The maximum absolute atomic E-state index is 15.3. The molecule has 3 aromatic carbocycles. The SMILES string of the molecule is CC(=O)N[C@@H](CC(C)C)C(=O)N[C@H](C(=O)N[C@@H](Cc1ccccc1)C(=O)N[C@]1(C)CCCCCCn2cc(nn2)CCC[C@@](C)(C(=O)NC(CO)C(=O)N[C@@H](C)C(=O)NC(C)C(N)=O)NC(=O)[C@H](CC(C)C)CN[C@@H](CCC(N)=O)C(=O)C(=O)C(C)NC(=O)[C@H](Cc2c[nH]c3cc(Cl)ccc23)NC(=O)[C@H](Cc2ccc(O)cc2)NC(=O)C(C)NC1=O)[C@@H](C)O. The van der Waals surface area contributed by atoms with Gasteiger partial charge in [0.15, 0.2) is 0 Å². The lowest BCUT2D eigenvalue weighted by Crippen LogP contribution is -2.64. The van der Waals surface area contributed by atoms with Gasteiger partial charge in [-0.05, 0) is 153 Å². The third kappa shape index (κ3) is 31.5. The fourth-order valence-corrected chi connectivity index (χ4v) is 14.2. The molecule has 0 fully saturated rings. The van der Waals surface area contributed by atoms with E-state index in [9.17, 15) is 72.9 Å². The Morgan fingerprint density at radius 2 is 1.28 bits per heavy atom. The number of fused-ring (bicyclic) bond motifs is 3. The number of amides is 14. The van der Waals surface area contributed by atoms with Gasteiger partial charge in [0.25, 0.3) is 0 Å². The molecule has 2 aromatic heterocycles. The molecule has 0 radical (unpaired) electrons. The number of halogens is 1. The molecule has 0 spiro atoms. The number of aromatic hydroxyl groups is 1. The number of ketones is 2. The van der Waals surface area contributed by atoms with Crippen LogP contribution in [0.3, 0.4) is 0 Å². The smallest absolute Gasteiger partial charge is 0.246 e. The number of H-pyrrole nitrogens is 1. The molecule has 5 aromatic rings. The van der Waals surface area contributed by atoms with Crippen molar-refractivity contribution in [1.29, 1.82) is 0 Å². The predicted molar refractivity (Wildman–Crippen MR) is 456 cm³/mol. The van der Waals surface area contributed by atoms with E-state index in [1.165, 1.54) is 79.7 Å². The average molecular weight is 1750 g/mol. The first-order valence-corrected chi connectivity index (χ1v) is 42.1. The van der Waals surface area contributed by atoms with Crippen molar-refractivity contribution < 1.29 is 92.0 Å². The first-order chi connectivity index (χ1) is 58.4. The molecular formula is C85H122ClN19O19. The number of rotatable bonds is 29. The van der Waals surface area contributed by atoms with Crippen molar-refractivity contribution in [3.05, 3.63) is 113 Å². The zero-order valence-corrected chi connectivity index (χ0v) is 73.0. The van der Waals surface area contributed by atoms with Crippen molar-refractivity contribution in [1.82, 2.24) is 89.1 Å². The average Bonchev–Trinajstić information content (AvgIpc) is 1.48. The van der Waals surface area contributed by atoms with Crippen molar-refractivity contribution in [2.45, 2.75) is 270 Å². The second-order valence-corrected chi connectivity index (χ2v) is 33.6. The van der Waals surface area contributed by atoms with Gasteiger partial charge in [-0.3, -0.25) is 81.4 Å². The van der Waals surface area contributed by atoms with Crippen molar-refractivity contribution in [3.8, 4) is 5.75 Å². The molecule has 4 unspecified atom stereocenters. The summed E-state index contributed by atoms with van der Waals surface area (Å²) in [6, 6.07) is 2.41. The van der Waals surface area contributed by atoms with Crippen LogP contribution < -0.4 is 80.6 Å². The van der Waals surface area contributed by atoms with Gasteiger partial charge in [0.05, 0.1) is 36.4 Å². The first kappa shape index (κ1) is 101. The largest absolute Gasteiger partial charge is 0.508 e. The van der Waals surface area contributed by atoms with Gasteiger partial charge < -0.3 is 101 Å². The van der Waals surface area contributed by atoms with Crippen LogP contribution in [0.15, 0.2) is 85.2 Å². The third-order valence-corrected chi connectivity index (χ3v) is 21.5. The van der Waals surface area contributed by atoms with E-state index in [4.69, 9.17) is 23.1 Å². The summed E-state index contributed by atoms with van der Waals surface area (Å²) in [5.41, 5.74) is 9.37. The molecule has 14 amide bonds. The molecule has 6 rings (SSSR count). The Labute approximate surface area is 724 Å². The first-order valence-electron chi connectivity index (χ1n) is 41.7. The van der Waals surface area contributed by atoms with Gasteiger partial charge in [-0.2, -0.15) is 0 Å². The molecule has 21 N–H and O–H groups in total. The summed E-state index contributed by atoms with van der Waals surface area (Å²) < 4.78 is 1.58. The zero-order valence-electron chi connectivity index (χ0n) is 72.2. The van der Waals surface area contributed by atoms with Gasteiger partial charge in [0.2, 0.25) is 94.3 Å². The fourth-order valence-electron chi connectivity index (χ4n) is 14.1. The molecule has 38 nitrogen and oxygen atoms in total. The van der Waals surface area contributed by atoms with Crippen molar-refractivity contribution in [2.24, 2.45) is 29.2 Å². The summed E-state index contributed by atoms with van der Waals surface area (Å²) in [5, 5.41) is 75.8. The van der Waals surface area contributed by atoms with E-state index in [-0.39, 0.29) is 88.3 Å². The molecule has 678 valence electrons. The number of Topliss-reactive ketones (excluding diaryl/α,β-unsaturated/α-hetero) is 2. The number of carbonyl (C=O) groups is 16. The normalized spacial score (nSPS) is 22.2. The number of nitrogens with two attached hydrogens (primary N) is 2. The Kier molecular flexibility index (Phi) is 38.9. The lowest BCUT2D eigenvalue weighted by Gasteiger charge is -2.33. The van der Waals surface area contributed by atoms with Crippen LogP contribution in [0.1, 0.15) is 176 Å². The number of benzene rings is 3. The lowest BCUT2D eigenvalue weighted by molar-refractivity contribution is -0.140. The summed E-state index contributed by atoms with van der Waals surface area (Å²) in [7, 11) is 0. The van der Waals surface area contributed by atoms with Crippen LogP contribution in [-0.2, 0) is 109 Å². The highest BCUT2D eigenvalue weighted by atomic mass is 35.5. The standard InChI is InChI=1S/C85H122ClN19O19/c1-45(2)35-56-42-89-61(30-31-68(87)110)71(112)70(111)47(5)91-76(117)66(39-55-41-90-62-40-57(86)26-29-60(55)62)97-77(118)64(38-54-24-27-59(109)28-25-54)96-74(115)50(8)94-82(123)84(11,102-80(121)65(37-53-21-16-15-17-22-53)98-81(122)69(51(9)107)100-78(119)63(36-46(3)4)95-52(10)108)32-18-13-14-19-34-105-43-58(103-104-105)23-20-33-85(12,101-75(56)116)83(124)99-67(44-106)79(120)93-49(7)73(114)92-48(6)72(88)113/h15-17,21-22,24-29,40-41,43,45-51,56,61,63-67,69,89-90,106-107,109H,13-14,18-20,23,30-39,42,44H2,1-12H3,(H2,87,110)(H2,88,113)(H,91,117)(H,92,114)(H,93,120)(H,94,123)(H,95,108)(H,96,115)(H,97,118)(H,98,122)(H,99,124)(H,100,119)(H,101,116)(H,102,121)/t47?,48?,49-,50?,51+,56+,61-,63-,64-,65-,66-,67?,69-,84+,85-/m0/s1. The second kappa shape index (κ2) is 47.8. The van der Waals surface area contributed by atoms with Gasteiger partial charge >= 0.3 is 0 Å². The number of aliphatic hydroxyl groups excluding tert-OH is 2. The summed E-state index contributed by atoms with van der Waals surface area (Å²) in [6.45, 7) is 16.5. The summed E-state index contributed by atoms with van der Waals surface area (Å²) >= 11 is 6.37. The highest BCUT2D eigenvalue weighted by Gasteiger charge is 2.43. The molecule has 0 saturated carbocycles. The molecule has 1 aliphatic heterocycles. The van der Waals surface area contributed by atoms with E-state index >= 15 is 19.2 Å². The number of aromatic nitrogens is 4. The number of phenols is 1. The highest BCUT2D eigenvalue weighted by molar-refractivity contribution is 6.41. The number of hydrogen-bond donors (Lipinski definition) is 19. The maximum atomic E-state index is 15.3. The number of carbonyl (C=O) groups excluding carboxylic acids is 16. The molecule has 0 aliphatic carbocycles. The van der Waals surface area contributed by atoms with E-state index in [1.807, 2.05) is 13.8 Å². The minimum absolute atomic E-state index is 0.0800. The highest BCUT2D eigenvalue weighted by Crippen LogP contribution is 2.26. The van der Waals surface area contributed by atoms with E-state index < -0.39 is 203 Å². The Hall–Kier alpha value is -11.8. The van der Waals surface area contributed by atoms with Crippen LogP contribution in [-0.4, -0.2) is 226 Å². The molecule has 124 heavy (non-hydrogen) atoms. The number of aromatic amines is 1. The van der Waals surface area contributed by atoms with Gasteiger partial charge in [0.1, 0.15) is 71.2 Å². The Morgan fingerprint density at radius 1 is 0.637 bits per heavy atom. The van der Waals surface area contributed by atoms with E-state index in [0.717, 1.165) is 0 Å². The topological polar surface area (TPSA) is 589 Å². The second-order valence-electron chi connectivity index (χ2n) is 33.2. The van der Waals surface area contributed by atoms with E-state index in [1.54, 1.807) is 79.5 Å². The Balaban J connectivity index is 1.42. The molecule has 15 atom stereocenters. The van der Waals surface area contributed by atoms with Crippen LogP contribution in [0, 0.1) is 17.8 Å². The number of nitrogens with zero attached hydrogens (tertiary/aromatic N) is 3. The molecule has 0 saturated heterocycles. The van der Waals surface area contributed by atoms with Crippen molar-refractivity contribution in [3.63, 3.8) is 0 Å². The van der Waals surface area contributed by atoms with Crippen LogP contribution >= 0.6 is 11.6 Å². The predicted octanol–water partition coefficient (Wildman–Crippen LogP) is -0.241. The van der Waals surface area contributed by atoms with Gasteiger partial charge in [-0.15, -0.1) is 5.10 Å². The number of primary amides is 2. The third-order valence-electron chi connectivity index (χ3n) is 21.3. The number of phenolic OH excluding ortho intramolecular Hbond substituents is 1. The van der Waals surface area contributed by atoms with Gasteiger partial charge in [-0.1, -0.05) is 112 Å². The van der Waals surface area contributed by atoms with Crippen LogP contribution in [0.25, 0.3) is 10.9 Å². The number of aliphatic hydroxyl groups is 2. The minimum Gasteiger partial charge on any atom is -0.508 e. The van der Waals surface area contributed by atoms with Gasteiger partial charge in [0, 0.05) is 74.0 Å². The van der Waals surface area contributed by atoms with Crippen LogP contribution in [0.5, 0.6) is 5.75 Å². The zero-order chi connectivity index (χ0) is 92.0. The lowest BCUT2D eigenvalue weighted by atomic mass is 9.89.